The number of hydrogen-bond acceptors (Lipinski definition) is 2. The van der Waals surface area contributed by atoms with Crippen molar-refractivity contribution in [2.45, 2.75) is 64.1 Å². The molecule has 2 aliphatic rings. The van der Waals surface area contributed by atoms with Crippen LogP contribution in [0.2, 0.25) is 0 Å². The van der Waals surface area contributed by atoms with Crippen LogP contribution in [0.3, 0.4) is 0 Å². The summed E-state index contributed by atoms with van der Waals surface area (Å²) in [6.45, 7) is 7.08. The third-order valence-corrected chi connectivity index (χ3v) is 5.32. The fourth-order valence-corrected chi connectivity index (χ4v) is 3.75. The zero-order valence-electron chi connectivity index (χ0n) is 15.1. The van der Waals surface area contributed by atoms with Crippen LogP contribution in [0.25, 0.3) is 0 Å². The maximum Gasteiger partial charge on any atom is 0.317 e. The quantitative estimate of drug-likeness (QED) is 0.813. The van der Waals surface area contributed by atoms with Crippen molar-refractivity contribution in [1.29, 1.82) is 0 Å². The number of nitrogens with one attached hydrogen (secondary N) is 1. The Morgan fingerprint density at radius 3 is 2.54 bits per heavy atom. The number of piperazine rings is 1. The summed E-state index contributed by atoms with van der Waals surface area (Å²) in [7, 11) is 0. The van der Waals surface area contributed by atoms with Gasteiger partial charge in [-0.15, -0.1) is 0 Å². The number of amides is 2. The van der Waals surface area contributed by atoms with Crippen molar-refractivity contribution in [2.24, 2.45) is 0 Å². The molecule has 132 valence electrons. The molecule has 1 saturated heterocycles. The average Bonchev–Trinajstić information content (AvgIpc) is 3.42. The minimum Gasteiger partial charge on any atom is -0.338 e. The van der Waals surface area contributed by atoms with Gasteiger partial charge < -0.3 is 10.2 Å². The first-order valence-electron chi connectivity index (χ1n) is 9.49. The molecule has 2 atom stereocenters. The molecule has 1 aliphatic heterocycles. The van der Waals surface area contributed by atoms with Gasteiger partial charge in [0, 0.05) is 37.8 Å². The van der Waals surface area contributed by atoms with Gasteiger partial charge in [0.1, 0.15) is 0 Å². The lowest BCUT2D eigenvalue weighted by Crippen LogP contribution is -2.60. The molecule has 0 aromatic heterocycles. The van der Waals surface area contributed by atoms with Crippen LogP contribution in [0.5, 0.6) is 0 Å². The molecular formula is C20H31N3O. The molecule has 4 heteroatoms. The number of unbranched alkanes of at least 4 members (excludes halogenated alkanes) is 1. The SMILES string of the molecule is C[C@@H]1CN(C(=O)NCCCCc2ccccc2)[C@@H](C)CN1C1CC1. The fraction of sp³-hybridized carbons (Fsp3) is 0.650. The van der Waals surface area contributed by atoms with Crippen LogP contribution in [-0.2, 0) is 6.42 Å². The summed E-state index contributed by atoms with van der Waals surface area (Å²) in [6.07, 6.45) is 5.91. The Labute approximate surface area is 146 Å². The summed E-state index contributed by atoms with van der Waals surface area (Å²) in [6, 6.07) is 12.2. The zero-order valence-corrected chi connectivity index (χ0v) is 15.1. The number of rotatable bonds is 6. The van der Waals surface area contributed by atoms with E-state index >= 15 is 0 Å². The van der Waals surface area contributed by atoms with Gasteiger partial charge in [-0.1, -0.05) is 30.3 Å². The molecular weight excluding hydrogens is 298 g/mol. The van der Waals surface area contributed by atoms with Crippen molar-refractivity contribution in [3.8, 4) is 0 Å². The molecule has 1 aliphatic carbocycles. The highest BCUT2D eigenvalue weighted by molar-refractivity contribution is 5.74. The van der Waals surface area contributed by atoms with E-state index in [-0.39, 0.29) is 6.03 Å². The van der Waals surface area contributed by atoms with Crippen LogP contribution in [0.15, 0.2) is 30.3 Å². The van der Waals surface area contributed by atoms with Crippen LogP contribution in [-0.4, -0.2) is 53.6 Å². The molecule has 2 amide bonds. The number of carbonyl (C=O) groups excluding carboxylic acids is 1. The first kappa shape index (κ1) is 17.3. The highest BCUT2D eigenvalue weighted by Gasteiger charge is 2.39. The Bertz CT molecular complexity index is 529. The van der Waals surface area contributed by atoms with Gasteiger partial charge in [0.25, 0.3) is 0 Å². The molecule has 3 rings (SSSR count). The molecule has 0 unspecified atom stereocenters. The first-order valence-corrected chi connectivity index (χ1v) is 9.49. The van der Waals surface area contributed by atoms with Crippen LogP contribution in [0.1, 0.15) is 45.1 Å². The third kappa shape index (κ3) is 4.50. The number of carbonyl (C=O) groups is 1. The maximum atomic E-state index is 12.5. The van der Waals surface area contributed by atoms with Crippen molar-refractivity contribution in [2.75, 3.05) is 19.6 Å². The second kappa shape index (κ2) is 8.02. The molecule has 1 heterocycles. The molecule has 0 bridgehead atoms. The van der Waals surface area contributed by atoms with Crippen molar-refractivity contribution in [3.05, 3.63) is 35.9 Å². The topological polar surface area (TPSA) is 35.6 Å². The smallest absolute Gasteiger partial charge is 0.317 e. The van der Waals surface area contributed by atoms with Gasteiger partial charge in [-0.3, -0.25) is 4.90 Å². The van der Waals surface area contributed by atoms with E-state index < -0.39 is 0 Å². The Balaban J connectivity index is 1.35. The summed E-state index contributed by atoms with van der Waals surface area (Å²) in [5.74, 6) is 0. The standard InChI is InChI=1S/C20H31N3O/c1-16-15-23(17(2)14-22(16)19-11-12-19)20(24)21-13-7-6-10-18-8-4-3-5-9-18/h3-5,8-9,16-17,19H,6-7,10-15H2,1-2H3,(H,21,24)/t16-,17+/m1/s1. The summed E-state index contributed by atoms with van der Waals surface area (Å²) in [5.41, 5.74) is 1.38. The average molecular weight is 329 g/mol. The highest BCUT2D eigenvalue weighted by atomic mass is 16.2. The molecule has 2 fully saturated rings. The lowest BCUT2D eigenvalue weighted by Gasteiger charge is -2.44. The van der Waals surface area contributed by atoms with E-state index in [0.29, 0.717) is 12.1 Å². The summed E-state index contributed by atoms with van der Waals surface area (Å²) in [5, 5.41) is 3.12. The molecule has 1 N–H and O–H groups in total. The maximum absolute atomic E-state index is 12.5. The first-order chi connectivity index (χ1) is 11.6. The summed E-state index contributed by atoms with van der Waals surface area (Å²) >= 11 is 0. The Kier molecular flexibility index (Phi) is 5.77. The number of nitrogens with zero attached hydrogens (tertiary/aromatic N) is 2. The van der Waals surface area contributed by atoms with Crippen molar-refractivity contribution >= 4 is 6.03 Å². The van der Waals surface area contributed by atoms with E-state index in [1.54, 1.807) is 0 Å². The van der Waals surface area contributed by atoms with Crippen LogP contribution < -0.4 is 5.32 Å². The minimum atomic E-state index is 0.115. The van der Waals surface area contributed by atoms with Gasteiger partial charge in [-0.25, -0.2) is 4.79 Å². The number of aryl methyl sites for hydroxylation is 1. The normalized spacial score (nSPS) is 24.8. The molecule has 1 aromatic carbocycles. The van der Waals surface area contributed by atoms with E-state index in [4.69, 9.17) is 0 Å². The molecule has 24 heavy (non-hydrogen) atoms. The number of urea groups is 1. The van der Waals surface area contributed by atoms with Gasteiger partial charge in [0.05, 0.1) is 0 Å². The summed E-state index contributed by atoms with van der Waals surface area (Å²) in [4.78, 5) is 17.1. The van der Waals surface area contributed by atoms with Crippen LogP contribution in [0, 0.1) is 0 Å². The van der Waals surface area contributed by atoms with E-state index in [0.717, 1.165) is 44.9 Å². The van der Waals surface area contributed by atoms with Gasteiger partial charge in [0.2, 0.25) is 0 Å². The zero-order chi connectivity index (χ0) is 16.9. The van der Waals surface area contributed by atoms with Crippen molar-refractivity contribution in [3.63, 3.8) is 0 Å². The minimum absolute atomic E-state index is 0.115. The van der Waals surface area contributed by atoms with Crippen molar-refractivity contribution < 1.29 is 4.79 Å². The van der Waals surface area contributed by atoms with Crippen LogP contribution in [0.4, 0.5) is 4.79 Å². The third-order valence-electron chi connectivity index (χ3n) is 5.32. The Hall–Kier alpha value is -1.55. The molecule has 1 saturated carbocycles. The Morgan fingerprint density at radius 1 is 1.08 bits per heavy atom. The monoisotopic (exact) mass is 329 g/mol. The second-order valence-electron chi connectivity index (χ2n) is 7.45. The molecule has 1 aromatic rings. The van der Waals surface area contributed by atoms with E-state index in [2.05, 4.69) is 54.4 Å². The second-order valence-corrected chi connectivity index (χ2v) is 7.45. The highest BCUT2D eigenvalue weighted by Crippen LogP contribution is 2.31. The van der Waals surface area contributed by atoms with Gasteiger partial charge >= 0.3 is 6.03 Å². The summed E-state index contributed by atoms with van der Waals surface area (Å²) < 4.78 is 0. The predicted molar refractivity (Wildman–Crippen MR) is 98.1 cm³/mol. The number of benzene rings is 1. The largest absolute Gasteiger partial charge is 0.338 e. The lowest BCUT2D eigenvalue weighted by molar-refractivity contribution is 0.0579. The molecule has 0 radical (unpaired) electrons. The van der Waals surface area contributed by atoms with Gasteiger partial charge in [-0.2, -0.15) is 0 Å². The number of hydrogen-bond donors (Lipinski definition) is 1. The molecule has 4 nitrogen and oxygen atoms in total. The van der Waals surface area contributed by atoms with Gasteiger partial charge in [0.15, 0.2) is 0 Å². The van der Waals surface area contributed by atoms with E-state index in [1.165, 1.54) is 18.4 Å². The van der Waals surface area contributed by atoms with Crippen molar-refractivity contribution in [1.82, 2.24) is 15.1 Å². The lowest BCUT2D eigenvalue weighted by atomic mass is 10.1. The predicted octanol–water partition coefficient (Wildman–Crippen LogP) is 3.28. The van der Waals surface area contributed by atoms with E-state index in [1.807, 2.05) is 4.90 Å². The molecule has 0 spiro atoms. The van der Waals surface area contributed by atoms with E-state index in [9.17, 15) is 4.79 Å². The Morgan fingerprint density at radius 2 is 1.83 bits per heavy atom. The fourth-order valence-electron chi connectivity index (χ4n) is 3.75. The van der Waals surface area contributed by atoms with Gasteiger partial charge in [-0.05, 0) is 51.5 Å². The van der Waals surface area contributed by atoms with Crippen LogP contribution >= 0.6 is 0 Å².